The smallest absolute Gasteiger partial charge is 0.336 e. The Balaban J connectivity index is 1.46. The molecule has 1 atom stereocenters. The topological polar surface area (TPSA) is 77.0 Å². The molecule has 0 fully saturated rings. The van der Waals surface area contributed by atoms with Crippen LogP contribution in [-0.4, -0.2) is 24.2 Å². The van der Waals surface area contributed by atoms with Crippen molar-refractivity contribution in [2.45, 2.75) is 13.0 Å². The van der Waals surface area contributed by atoms with Gasteiger partial charge in [0.1, 0.15) is 11.5 Å². The number of hydrogen-bond acceptors (Lipinski definition) is 5. The molecule has 0 bridgehead atoms. The molecule has 0 aliphatic heterocycles. The second-order valence-electron chi connectivity index (χ2n) is 6.68. The number of benzene rings is 3. The molecular formula is C25H21BrN2O4. The minimum atomic E-state index is -0.709. The van der Waals surface area contributed by atoms with Gasteiger partial charge in [0.05, 0.1) is 6.21 Å². The largest absolute Gasteiger partial charge is 0.481 e. The van der Waals surface area contributed by atoms with Gasteiger partial charge >= 0.3 is 5.97 Å². The van der Waals surface area contributed by atoms with Gasteiger partial charge in [-0.25, -0.2) is 10.2 Å². The van der Waals surface area contributed by atoms with Gasteiger partial charge in [-0.3, -0.25) is 4.79 Å². The Kier molecular flexibility index (Phi) is 8.34. The van der Waals surface area contributed by atoms with Gasteiger partial charge in [-0.2, -0.15) is 5.10 Å². The second-order valence-corrected chi connectivity index (χ2v) is 7.60. The van der Waals surface area contributed by atoms with Crippen molar-refractivity contribution in [2.24, 2.45) is 5.10 Å². The van der Waals surface area contributed by atoms with Gasteiger partial charge in [0, 0.05) is 10.5 Å². The SMILES string of the molecule is C[C@H](Oc1ccc(Br)cc1)C(=O)N/N=C\c1ccc(OC(=O)/C=C/c2ccccc2)cc1. The quantitative estimate of drug-likeness (QED) is 0.158. The molecule has 3 aromatic carbocycles. The summed E-state index contributed by atoms with van der Waals surface area (Å²) in [5.74, 6) is 0.149. The Bertz CT molecular complexity index is 1100. The van der Waals surface area contributed by atoms with Crippen LogP contribution in [0.5, 0.6) is 11.5 Å². The van der Waals surface area contributed by atoms with E-state index in [-0.39, 0.29) is 5.91 Å². The summed E-state index contributed by atoms with van der Waals surface area (Å²) < 4.78 is 11.8. The number of halogens is 1. The van der Waals surface area contributed by atoms with E-state index in [0.29, 0.717) is 11.5 Å². The highest BCUT2D eigenvalue weighted by atomic mass is 79.9. The van der Waals surface area contributed by atoms with Crippen molar-refractivity contribution in [3.8, 4) is 11.5 Å². The number of hydrogen-bond donors (Lipinski definition) is 1. The first kappa shape index (κ1) is 23.0. The maximum atomic E-state index is 12.1. The van der Waals surface area contributed by atoms with Crippen LogP contribution in [0.1, 0.15) is 18.1 Å². The van der Waals surface area contributed by atoms with E-state index in [9.17, 15) is 9.59 Å². The van der Waals surface area contributed by atoms with Gasteiger partial charge < -0.3 is 9.47 Å². The number of carbonyl (C=O) groups is 2. The highest BCUT2D eigenvalue weighted by Gasteiger charge is 2.13. The summed E-state index contributed by atoms with van der Waals surface area (Å²) >= 11 is 3.35. The average Bonchev–Trinajstić information content (AvgIpc) is 2.81. The van der Waals surface area contributed by atoms with Crippen LogP contribution < -0.4 is 14.9 Å². The van der Waals surface area contributed by atoms with Gasteiger partial charge in [0.15, 0.2) is 6.10 Å². The van der Waals surface area contributed by atoms with Crippen LogP contribution in [0.25, 0.3) is 6.08 Å². The molecule has 0 heterocycles. The molecule has 0 radical (unpaired) electrons. The summed E-state index contributed by atoms with van der Waals surface area (Å²) in [7, 11) is 0. The van der Waals surface area contributed by atoms with E-state index in [2.05, 4.69) is 26.5 Å². The summed E-state index contributed by atoms with van der Waals surface area (Å²) in [4.78, 5) is 24.1. The van der Waals surface area contributed by atoms with Gasteiger partial charge in [-0.15, -0.1) is 0 Å². The zero-order chi connectivity index (χ0) is 22.8. The fraction of sp³-hybridized carbons (Fsp3) is 0.0800. The standard InChI is InChI=1S/C25H21BrN2O4/c1-18(31-22-14-10-21(26)11-15-22)25(30)28-27-17-20-7-12-23(13-8-20)32-24(29)16-9-19-5-3-2-4-6-19/h2-18H,1H3,(H,28,30)/b16-9+,27-17-/t18-/m0/s1. The molecule has 0 aromatic heterocycles. The number of hydrazone groups is 1. The third kappa shape index (κ3) is 7.52. The van der Waals surface area contributed by atoms with Crippen molar-refractivity contribution < 1.29 is 19.1 Å². The Labute approximate surface area is 194 Å². The highest BCUT2D eigenvalue weighted by Crippen LogP contribution is 2.17. The van der Waals surface area contributed by atoms with Crippen molar-refractivity contribution in [3.05, 3.63) is 101 Å². The molecular weight excluding hydrogens is 472 g/mol. The number of carbonyl (C=O) groups excluding carboxylic acids is 2. The van der Waals surface area contributed by atoms with Crippen molar-refractivity contribution >= 4 is 40.1 Å². The fourth-order valence-corrected chi connectivity index (χ4v) is 2.80. The molecule has 0 spiro atoms. The number of ether oxygens (including phenoxy) is 2. The Morgan fingerprint density at radius 2 is 1.56 bits per heavy atom. The van der Waals surface area contributed by atoms with Crippen LogP contribution in [0.15, 0.2) is 94.5 Å². The van der Waals surface area contributed by atoms with Gasteiger partial charge in [-0.1, -0.05) is 46.3 Å². The first-order valence-corrected chi connectivity index (χ1v) is 10.6. The lowest BCUT2D eigenvalue weighted by molar-refractivity contribution is -0.129. The van der Waals surface area contributed by atoms with Crippen LogP contribution in [0.4, 0.5) is 0 Å². The summed E-state index contributed by atoms with van der Waals surface area (Å²) in [6.07, 6.45) is 3.84. The predicted octanol–water partition coefficient (Wildman–Crippen LogP) is 4.99. The van der Waals surface area contributed by atoms with Gasteiger partial charge in [-0.05, 0) is 72.7 Å². The zero-order valence-corrected chi connectivity index (χ0v) is 18.9. The van der Waals surface area contributed by atoms with E-state index >= 15 is 0 Å². The van der Waals surface area contributed by atoms with Crippen LogP contribution in [-0.2, 0) is 9.59 Å². The first-order chi connectivity index (χ1) is 15.5. The van der Waals surface area contributed by atoms with E-state index in [1.165, 1.54) is 12.3 Å². The normalized spacial score (nSPS) is 11.9. The molecule has 1 N–H and O–H groups in total. The molecule has 3 aromatic rings. The molecule has 1 amide bonds. The summed E-state index contributed by atoms with van der Waals surface area (Å²) in [6.45, 7) is 1.64. The maximum absolute atomic E-state index is 12.1. The van der Waals surface area contributed by atoms with Gasteiger partial charge in [0.2, 0.25) is 0 Å². The van der Waals surface area contributed by atoms with E-state index in [0.717, 1.165) is 15.6 Å². The predicted molar refractivity (Wildman–Crippen MR) is 128 cm³/mol. The van der Waals surface area contributed by atoms with E-state index in [1.54, 1.807) is 49.4 Å². The summed E-state index contributed by atoms with van der Waals surface area (Å²) in [6, 6.07) is 23.4. The summed E-state index contributed by atoms with van der Waals surface area (Å²) in [5.41, 5.74) is 4.08. The monoisotopic (exact) mass is 492 g/mol. The van der Waals surface area contributed by atoms with Crippen LogP contribution >= 0.6 is 15.9 Å². The number of amides is 1. The number of esters is 1. The third-order valence-corrected chi connectivity index (χ3v) is 4.72. The molecule has 0 aliphatic rings. The molecule has 162 valence electrons. The molecule has 6 nitrogen and oxygen atoms in total. The van der Waals surface area contributed by atoms with Crippen LogP contribution in [0.3, 0.4) is 0 Å². The van der Waals surface area contributed by atoms with E-state index in [4.69, 9.17) is 9.47 Å². The molecule has 7 heteroatoms. The van der Waals surface area contributed by atoms with Gasteiger partial charge in [0.25, 0.3) is 5.91 Å². The molecule has 0 saturated heterocycles. The fourth-order valence-electron chi connectivity index (χ4n) is 2.53. The number of nitrogens with one attached hydrogen (secondary N) is 1. The van der Waals surface area contributed by atoms with Crippen LogP contribution in [0.2, 0.25) is 0 Å². The summed E-state index contributed by atoms with van der Waals surface area (Å²) in [5, 5.41) is 3.94. The van der Waals surface area contributed by atoms with Crippen molar-refractivity contribution in [1.82, 2.24) is 5.43 Å². The molecule has 0 unspecified atom stereocenters. The minimum Gasteiger partial charge on any atom is -0.481 e. The molecule has 0 aliphatic carbocycles. The number of rotatable bonds is 8. The van der Waals surface area contributed by atoms with Crippen molar-refractivity contribution in [3.63, 3.8) is 0 Å². The Morgan fingerprint density at radius 1 is 0.906 bits per heavy atom. The lowest BCUT2D eigenvalue weighted by Crippen LogP contribution is -2.33. The zero-order valence-electron chi connectivity index (χ0n) is 17.3. The molecule has 3 rings (SSSR count). The number of nitrogens with zero attached hydrogens (tertiary/aromatic N) is 1. The Morgan fingerprint density at radius 3 is 2.25 bits per heavy atom. The second kappa shape index (κ2) is 11.6. The average molecular weight is 493 g/mol. The van der Waals surface area contributed by atoms with Crippen LogP contribution in [0, 0.1) is 0 Å². The third-order valence-electron chi connectivity index (χ3n) is 4.19. The molecule has 0 saturated carbocycles. The van der Waals surface area contributed by atoms with E-state index < -0.39 is 12.1 Å². The Hall–Kier alpha value is -3.71. The maximum Gasteiger partial charge on any atom is 0.336 e. The highest BCUT2D eigenvalue weighted by molar-refractivity contribution is 9.10. The lowest BCUT2D eigenvalue weighted by atomic mass is 10.2. The first-order valence-electron chi connectivity index (χ1n) is 9.80. The van der Waals surface area contributed by atoms with E-state index in [1.807, 2.05) is 42.5 Å². The van der Waals surface area contributed by atoms with Crippen molar-refractivity contribution in [2.75, 3.05) is 0 Å². The van der Waals surface area contributed by atoms with Crippen molar-refractivity contribution in [1.29, 1.82) is 0 Å². The molecule has 32 heavy (non-hydrogen) atoms. The lowest BCUT2D eigenvalue weighted by Gasteiger charge is -2.12. The minimum absolute atomic E-state index is 0.375.